The van der Waals surface area contributed by atoms with Crippen LogP contribution < -0.4 is 10.5 Å². The number of halogens is 1. The molecule has 1 atom stereocenters. The molecule has 1 fully saturated rings. The van der Waals surface area contributed by atoms with Gasteiger partial charge in [-0.05, 0) is 37.0 Å². The zero-order valence-corrected chi connectivity index (χ0v) is 12.9. The summed E-state index contributed by atoms with van der Waals surface area (Å²) in [6.45, 7) is 7.76. The zero-order valence-electron chi connectivity index (χ0n) is 12.9. The molecule has 0 aromatic heterocycles. The van der Waals surface area contributed by atoms with Gasteiger partial charge in [-0.25, -0.2) is 4.39 Å². The number of benzene rings is 1. The largest absolute Gasteiger partial charge is 0.487 e. The molecule has 0 unspecified atom stereocenters. The van der Waals surface area contributed by atoms with E-state index in [1.807, 2.05) is 0 Å². The van der Waals surface area contributed by atoms with Crippen LogP contribution in [-0.2, 0) is 0 Å². The molecule has 2 aliphatic rings. The van der Waals surface area contributed by atoms with Gasteiger partial charge in [-0.3, -0.25) is 0 Å². The van der Waals surface area contributed by atoms with Crippen molar-refractivity contribution in [1.82, 2.24) is 4.90 Å². The van der Waals surface area contributed by atoms with E-state index >= 15 is 0 Å². The van der Waals surface area contributed by atoms with E-state index in [0.29, 0.717) is 5.92 Å². The highest BCUT2D eigenvalue weighted by Crippen LogP contribution is 2.43. The van der Waals surface area contributed by atoms with Gasteiger partial charge in [0.1, 0.15) is 17.2 Å². The van der Waals surface area contributed by atoms with Crippen molar-refractivity contribution in [3.8, 4) is 5.75 Å². The lowest BCUT2D eigenvalue weighted by Gasteiger charge is -2.46. The molecule has 2 aliphatic heterocycles. The normalized spacial score (nSPS) is 24.9. The lowest BCUT2D eigenvalue weighted by atomic mass is 9.80. The standard InChI is InChI=1S/C17H25FN2O/c1-12(2)11-20-7-5-17(6-8-20)10-15(19)14-9-13(18)3-4-16(14)21-17/h3-4,9,12,15H,5-8,10-11,19H2,1-2H3/t15-/m0/s1. The maximum absolute atomic E-state index is 13.4. The van der Waals surface area contributed by atoms with Crippen molar-refractivity contribution in [3.05, 3.63) is 29.6 Å². The molecule has 3 nitrogen and oxygen atoms in total. The van der Waals surface area contributed by atoms with E-state index in [2.05, 4.69) is 18.7 Å². The van der Waals surface area contributed by atoms with Crippen LogP contribution in [0.4, 0.5) is 4.39 Å². The molecule has 1 aromatic carbocycles. The van der Waals surface area contributed by atoms with Gasteiger partial charge < -0.3 is 15.4 Å². The number of hydrogen-bond donors (Lipinski definition) is 1. The Labute approximate surface area is 126 Å². The number of ether oxygens (including phenoxy) is 1. The number of nitrogens with zero attached hydrogens (tertiary/aromatic N) is 1. The van der Waals surface area contributed by atoms with Gasteiger partial charge in [0, 0.05) is 37.7 Å². The first-order valence-corrected chi connectivity index (χ1v) is 7.94. The van der Waals surface area contributed by atoms with Crippen LogP contribution in [0.25, 0.3) is 0 Å². The van der Waals surface area contributed by atoms with Gasteiger partial charge in [0.15, 0.2) is 0 Å². The minimum absolute atomic E-state index is 0.124. The third-order valence-corrected chi connectivity index (χ3v) is 4.68. The summed E-state index contributed by atoms with van der Waals surface area (Å²) in [5, 5.41) is 0. The molecular formula is C17H25FN2O. The summed E-state index contributed by atoms with van der Waals surface area (Å²) >= 11 is 0. The molecule has 2 heterocycles. The number of hydrogen-bond acceptors (Lipinski definition) is 3. The molecule has 1 aromatic rings. The molecule has 0 aliphatic carbocycles. The Morgan fingerprint density at radius 1 is 1.38 bits per heavy atom. The SMILES string of the molecule is CC(C)CN1CCC2(CC1)C[C@H](N)c1cc(F)ccc1O2. The zero-order chi connectivity index (χ0) is 15.0. The fraction of sp³-hybridized carbons (Fsp3) is 0.647. The fourth-order valence-corrected chi connectivity index (χ4v) is 3.65. The van der Waals surface area contributed by atoms with E-state index in [9.17, 15) is 4.39 Å². The van der Waals surface area contributed by atoms with Crippen LogP contribution in [0.5, 0.6) is 5.75 Å². The Balaban J connectivity index is 1.73. The van der Waals surface area contributed by atoms with Crippen LogP contribution in [0.15, 0.2) is 18.2 Å². The summed E-state index contributed by atoms with van der Waals surface area (Å²) in [6, 6.07) is 4.58. The van der Waals surface area contributed by atoms with Crippen molar-refractivity contribution in [2.24, 2.45) is 11.7 Å². The van der Waals surface area contributed by atoms with E-state index < -0.39 is 0 Å². The first kappa shape index (κ1) is 14.8. The Morgan fingerprint density at radius 3 is 2.76 bits per heavy atom. The molecule has 0 amide bonds. The summed E-state index contributed by atoms with van der Waals surface area (Å²) in [5.41, 5.74) is 6.93. The number of nitrogens with two attached hydrogens (primary N) is 1. The van der Waals surface area contributed by atoms with Crippen LogP contribution in [0.2, 0.25) is 0 Å². The van der Waals surface area contributed by atoms with Crippen LogP contribution in [0.3, 0.4) is 0 Å². The van der Waals surface area contributed by atoms with E-state index in [0.717, 1.165) is 50.2 Å². The van der Waals surface area contributed by atoms with Gasteiger partial charge >= 0.3 is 0 Å². The van der Waals surface area contributed by atoms with Crippen LogP contribution >= 0.6 is 0 Å². The summed E-state index contributed by atoms with van der Waals surface area (Å²) in [7, 11) is 0. The second kappa shape index (κ2) is 5.58. The second-order valence-corrected chi connectivity index (χ2v) is 6.97. The second-order valence-electron chi connectivity index (χ2n) is 6.97. The fourth-order valence-electron chi connectivity index (χ4n) is 3.65. The Kier molecular flexibility index (Phi) is 3.93. The lowest BCUT2D eigenvalue weighted by molar-refractivity contribution is -0.0237. The highest BCUT2D eigenvalue weighted by Gasteiger charge is 2.42. The molecule has 0 radical (unpaired) electrons. The highest BCUT2D eigenvalue weighted by atomic mass is 19.1. The van der Waals surface area contributed by atoms with Crippen molar-refractivity contribution < 1.29 is 9.13 Å². The molecule has 4 heteroatoms. The Hall–Kier alpha value is -1.13. The third-order valence-electron chi connectivity index (χ3n) is 4.68. The van der Waals surface area contributed by atoms with Crippen molar-refractivity contribution in [2.45, 2.75) is 44.8 Å². The molecule has 1 saturated heterocycles. The molecule has 0 bridgehead atoms. The van der Waals surface area contributed by atoms with Crippen molar-refractivity contribution in [3.63, 3.8) is 0 Å². The molecule has 2 N–H and O–H groups in total. The van der Waals surface area contributed by atoms with Gasteiger partial charge in [-0.1, -0.05) is 13.8 Å². The molecule has 1 spiro atoms. The predicted molar refractivity (Wildman–Crippen MR) is 81.8 cm³/mol. The average Bonchev–Trinajstić information content (AvgIpc) is 2.42. The molecule has 116 valence electrons. The summed E-state index contributed by atoms with van der Waals surface area (Å²) in [5.74, 6) is 1.22. The van der Waals surface area contributed by atoms with Crippen LogP contribution in [-0.4, -0.2) is 30.1 Å². The maximum Gasteiger partial charge on any atom is 0.125 e. The number of piperidine rings is 1. The Morgan fingerprint density at radius 2 is 2.10 bits per heavy atom. The minimum Gasteiger partial charge on any atom is -0.487 e. The number of likely N-dealkylation sites (tertiary alicyclic amines) is 1. The maximum atomic E-state index is 13.4. The molecule has 0 saturated carbocycles. The molecule has 3 rings (SSSR count). The van der Waals surface area contributed by atoms with Crippen LogP contribution in [0.1, 0.15) is 44.7 Å². The van der Waals surface area contributed by atoms with Gasteiger partial charge in [0.25, 0.3) is 0 Å². The van der Waals surface area contributed by atoms with Crippen molar-refractivity contribution in [2.75, 3.05) is 19.6 Å². The summed E-state index contributed by atoms with van der Waals surface area (Å²) < 4.78 is 19.6. The monoisotopic (exact) mass is 292 g/mol. The smallest absolute Gasteiger partial charge is 0.125 e. The van der Waals surface area contributed by atoms with E-state index in [4.69, 9.17) is 10.5 Å². The third kappa shape index (κ3) is 3.06. The van der Waals surface area contributed by atoms with E-state index in [1.165, 1.54) is 12.1 Å². The van der Waals surface area contributed by atoms with Gasteiger partial charge in [-0.15, -0.1) is 0 Å². The highest BCUT2D eigenvalue weighted by molar-refractivity contribution is 5.39. The van der Waals surface area contributed by atoms with E-state index in [-0.39, 0.29) is 17.5 Å². The quantitative estimate of drug-likeness (QED) is 0.910. The van der Waals surface area contributed by atoms with Crippen molar-refractivity contribution in [1.29, 1.82) is 0 Å². The average molecular weight is 292 g/mol. The Bertz CT molecular complexity index is 510. The molecular weight excluding hydrogens is 267 g/mol. The van der Waals surface area contributed by atoms with Crippen molar-refractivity contribution >= 4 is 0 Å². The van der Waals surface area contributed by atoms with E-state index in [1.54, 1.807) is 6.07 Å². The topological polar surface area (TPSA) is 38.5 Å². The predicted octanol–water partition coefficient (Wildman–Crippen LogP) is 3.10. The number of fused-ring (bicyclic) bond motifs is 1. The van der Waals surface area contributed by atoms with Crippen LogP contribution in [0, 0.1) is 11.7 Å². The summed E-state index contributed by atoms with van der Waals surface area (Å²) in [6.07, 6.45) is 2.80. The van der Waals surface area contributed by atoms with Gasteiger partial charge in [0.05, 0.1) is 0 Å². The van der Waals surface area contributed by atoms with Gasteiger partial charge in [-0.2, -0.15) is 0 Å². The molecule has 21 heavy (non-hydrogen) atoms. The van der Waals surface area contributed by atoms with Gasteiger partial charge in [0.2, 0.25) is 0 Å². The minimum atomic E-state index is -0.240. The number of rotatable bonds is 2. The first-order chi connectivity index (χ1) is 9.97. The summed E-state index contributed by atoms with van der Waals surface area (Å²) in [4.78, 5) is 2.50. The first-order valence-electron chi connectivity index (χ1n) is 7.94. The lowest BCUT2D eigenvalue weighted by Crippen LogP contribution is -2.51.